The van der Waals surface area contributed by atoms with Gasteiger partial charge >= 0.3 is 12.1 Å². The number of benzene rings is 1. The first-order chi connectivity index (χ1) is 9.65. The van der Waals surface area contributed by atoms with E-state index in [0.717, 1.165) is 12.1 Å². The van der Waals surface area contributed by atoms with Gasteiger partial charge in [-0.2, -0.15) is 13.2 Å². The summed E-state index contributed by atoms with van der Waals surface area (Å²) < 4.78 is 38.4. The van der Waals surface area contributed by atoms with Crippen molar-refractivity contribution >= 4 is 17.3 Å². The molecule has 1 rings (SSSR count). The molecule has 6 nitrogen and oxygen atoms in total. The highest BCUT2D eigenvalue weighted by atomic mass is 19.4. The van der Waals surface area contributed by atoms with Gasteiger partial charge in [0.1, 0.15) is 5.56 Å². The smallest absolute Gasteiger partial charge is 0.423 e. The monoisotopic (exact) mass is 306 g/mol. The molecule has 1 unspecified atom stereocenters. The van der Waals surface area contributed by atoms with Crippen molar-refractivity contribution in [2.24, 2.45) is 0 Å². The lowest BCUT2D eigenvalue weighted by Gasteiger charge is -2.17. The largest absolute Gasteiger partial charge is 0.481 e. The van der Waals surface area contributed by atoms with Crippen molar-refractivity contribution in [2.45, 2.75) is 32.0 Å². The fourth-order valence-electron chi connectivity index (χ4n) is 1.76. The maximum absolute atomic E-state index is 12.8. The molecule has 9 heteroatoms. The summed E-state index contributed by atoms with van der Waals surface area (Å²) in [4.78, 5) is 20.1. The lowest BCUT2D eigenvalue weighted by molar-refractivity contribution is -0.388. The first kappa shape index (κ1) is 16.7. The van der Waals surface area contributed by atoms with E-state index in [4.69, 9.17) is 5.11 Å². The van der Waals surface area contributed by atoms with Crippen LogP contribution in [0.25, 0.3) is 0 Å². The number of carbonyl (C=O) groups is 1. The second kappa shape index (κ2) is 6.42. The van der Waals surface area contributed by atoms with Crippen molar-refractivity contribution in [2.75, 3.05) is 5.32 Å². The van der Waals surface area contributed by atoms with Crippen molar-refractivity contribution in [3.05, 3.63) is 33.9 Å². The predicted molar refractivity (Wildman–Crippen MR) is 68.1 cm³/mol. The fourth-order valence-corrected chi connectivity index (χ4v) is 1.76. The van der Waals surface area contributed by atoms with Crippen molar-refractivity contribution < 1.29 is 28.0 Å². The van der Waals surface area contributed by atoms with Crippen LogP contribution in [0.3, 0.4) is 0 Å². The Morgan fingerprint density at radius 1 is 1.48 bits per heavy atom. The van der Waals surface area contributed by atoms with Crippen LogP contribution >= 0.6 is 0 Å². The second-order valence-corrected chi connectivity index (χ2v) is 4.33. The number of alkyl halides is 3. The average Bonchev–Trinajstić information content (AvgIpc) is 2.36. The van der Waals surface area contributed by atoms with Crippen molar-refractivity contribution in [1.82, 2.24) is 0 Å². The normalized spacial score (nSPS) is 12.8. The van der Waals surface area contributed by atoms with Gasteiger partial charge in [0.2, 0.25) is 0 Å². The molecule has 116 valence electrons. The second-order valence-electron chi connectivity index (χ2n) is 4.33. The van der Waals surface area contributed by atoms with Crippen LogP contribution < -0.4 is 5.32 Å². The molecule has 0 bridgehead atoms. The van der Waals surface area contributed by atoms with Gasteiger partial charge in [-0.25, -0.2) is 0 Å². The van der Waals surface area contributed by atoms with E-state index in [-0.39, 0.29) is 12.1 Å². The summed E-state index contributed by atoms with van der Waals surface area (Å²) in [7, 11) is 0. The number of nitro groups is 1. The third-order valence-electron chi connectivity index (χ3n) is 2.78. The number of hydrogen-bond acceptors (Lipinski definition) is 4. The Morgan fingerprint density at radius 3 is 2.52 bits per heavy atom. The number of rotatable bonds is 6. The Hall–Kier alpha value is -2.32. The number of nitrogens with zero attached hydrogens (tertiary/aromatic N) is 1. The van der Waals surface area contributed by atoms with Crippen LogP contribution in [0.5, 0.6) is 0 Å². The van der Waals surface area contributed by atoms with Gasteiger partial charge in [-0.15, -0.1) is 0 Å². The Labute approximate surface area is 117 Å². The number of carboxylic acid groups (broad SMARTS) is 1. The third kappa shape index (κ3) is 4.62. The Balaban J connectivity index is 3.10. The molecule has 0 amide bonds. The Kier molecular flexibility index (Phi) is 5.12. The van der Waals surface area contributed by atoms with E-state index in [0.29, 0.717) is 12.5 Å². The Bertz CT molecular complexity index is 546. The summed E-state index contributed by atoms with van der Waals surface area (Å²) in [5.41, 5.74) is -2.43. The molecule has 0 aliphatic carbocycles. The van der Waals surface area contributed by atoms with Gasteiger partial charge in [-0.05, 0) is 18.6 Å². The zero-order valence-electron chi connectivity index (χ0n) is 11.0. The molecule has 0 saturated carbocycles. The summed E-state index contributed by atoms with van der Waals surface area (Å²) in [5.74, 6) is -1.09. The van der Waals surface area contributed by atoms with Crippen molar-refractivity contribution in [1.29, 1.82) is 0 Å². The standard InChI is InChI=1S/C12H13F3N2O4/c1-2-7(6-11(18)19)16-8-3-4-10(17(20)21)9(5-8)12(13,14)15/h3-5,7,16H,2,6H2,1H3,(H,18,19). The van der Waals surface area contributed by atoms with Gasteiger partial charge in [0.25, 0.3) is 5.69 Å². The highest BCUT2D eigenvalue weighted by Crippen LogP contribution is 2.37. The topological polar surface area (TPSA) is 92.5 Å². The number of aliphatic carboxylic acids is 1. The van der Waals surface area contributed by atoms with Gasteiger partial charge in [-0.3, -0.25) is 14.9 Å². The lowest BCUT2D eigenvalue weighted by atomic mass is 10.1. The van der Waals surface area contributed by atoms with Gasteiger partial charge in [0.15, 0.2) is 0 Å². The first-order valence-electron chi connectivity index (χ1n) is 5.99. The van der Waals surface area contributed by atoms with Crippen LogP contribution in [-0.2, 0) is 11.0 Å². The van der Waals surface area contributed by atoms with E-state index < -0.39 is 34.4 Å². The molecule has 0 radical (unpaired) electrons. The zero-order valence-corrected chi connectivity index (χ0v) is 11.0. The highest BCUT2D eigenvalue weighted by molar-refractivity contribution is 5.68. The molecule has 21 heavy (non-hydrogen) atoms. The van der Waals surface area contributed by atoms with Crippen molar-refractivity contribution in [3.8, 4) is 0 Å². The molecular weight excluding hydrogens is 293 g/mol. The minimum absolute atomic E-state index is 0.0129. The molecule has 0 aliphatic rings. The summed E-state index contributed by atoms with van der Waals surface area (Å²) in [6.07, 6.45) is -4.76. The number of hydrogen-bond donors (Lipinski definition) is 2. The molecule has 0 saturated heterocycles. The van der Waals surface area contributed by atoms with Crippen LogP contribution in [0.15, 0.2) is 18.2 Å². The quantitative estimate of drug-likeness (QED) is 0.621. The van der Waals surface area contributed by atoms with Gasteiger partial charge in [0, 0.05) is 17.8 Å². The SMILES string of the molecule is CCC(CC(=O)O)Nc1ccc([N+](=O)[O-])c(C(F)(F)F)c1. The first-order valence-corrected chi connectivity index (χ1v) is 5.99. The number of carboxylic acids is 1. The minimum atomic E-state index is -4.87. The van der Waals surface area contributed by atoms with Gasteiger partial charge < -0.3 is 10.4 Å². The number of nitro benzene ring substituents is 1. The third-order valence-corrected chi connectivity index (χ3v) is 2.78. The summed E-state index contributed by atoms with van der Waals surface area (Å²) in [6, 6.07) is 1.92. The minimum Gasteiger partial charge on any atom is -0.481 e. The molecule has 0 spiro atoms. The predicted octanol–water partition coefficient (Wildman–Crippen LogP) is 3.28. The van der Waals surface area contributed by atoms with Crippen LogP contribution in [0, 0.1) is 10.1 Å². The summed E-state index contributed by atoms with van der Waals surface area (Å²) in [6.45, 7) is 1.68. The maximum atomic E-state index is 12.8. The molecule has 1 aromatic rings. The number of anilines is 1. The maximum Gasteiger partial charge on any atom is 0.423 e. The van der Waals surface area contributed by atoms with Crippen LogP contribution in [0.2, 0.25) is 0 Å². The molecule has 0 aliphatic heterocycles. The fraction of sp³-hybridized carbons (Fsp3) is 0.417. The van der Waals surface area contributed by atoms with Crippen LogP contribution in [-0.4, -0.2) is 22.0 Å². The number of halogens is 3. The lowest BCUT2D eigenvalue weighted by Crippen LogP contribution is -2.22. The van der Waals surface area contributed by atoms with E-state index in [1.54, 1.807) is 6.92 Å². The van der Waals surface area contributed by atoms with E-state index in [1.165, 1.54) is 0 Å². The zero-order chi connectivity index (χ0) is 16.2. The molecule has 0 heterocycles. The molecular formula is C12H13F3N2O4. The molecule has 1 atom stereocenters. The van der Waals surface area contributed by atoms with E-state index in [2.05, 4.69) is 5.32 Å². The molecule has 2 N–H and O–H groups in total. The Morgan fingerprint density at radius 2 is 2.10 bits per heavy atom. The van der Waals surface area contributed by atoms with Crippen LogP contribution in [0.4, 0.5) is 24.5 Å². The number of nitrogens with one attached hydrogen (secondary N) is 1. The van der Waals surface area contributed by atoms with Gasteiger partial charge in [0.05, 0.1) is 11.3 Å². The van der Waals surface area contributed by atoms with Gasteiger partial charge in [-0.1, -0.05) is 6.92 Å². The van der Waals surface area contributed by atoms with Crippen molar-refractivity contribution in [3.63, 3.8) is 0 Å². The average molecular weight is 306 g/mol. The molecule has 0 aromatic heterocycles. The van der Waals surface area contributed by atoms with Crippen LogP contribution in [0.1, 0.15) is 25.3 Å². The van der Waals surface area contributed by atoms with E-state index in [9.17, 15) is 28.1 Å². The molecule has 0 fully saturated rings. The molecule has 1 aromatic carbocycles. The van der Waals surface area contributed by atoms with E-state index in [1.807, 2.05) is 0 Å². The summed E-state index contributed by atoms with van der Waals surface area (Å²) in [5, 5.41) is 21.9. The highest BCUT2D eigenvalue weighted by Gasteiger charge is 2.38. The summed E-state index contributed by atoms with van der Waals surface area (Å²) >= 11 is 0. The van der Waals surface area contributed by atoms with E-state index >= 15 is 0 Å².